The molecule has 0 radical (unpaired) electrons. The standard InChI is InChI=1S/C17H14Cl2N2O2/c18-13-4-2-1-3-10(13)11-8-12(11)17(23)21-15-7-9(16(20)22)5-6-14(15)19/h1-7,11-12H,8H2,(H2,20,22)(H,21,23)/t11-,12-/m0/s1. The molecule has 118 valence electrons. The number of carbonyl (C=O) groups is 2. The summed E-state index contributed by atoms with van der Waals surface area (Å²) in [5.41, 5.74) is 6.90. The van der Waals surface area contributed by atoms with Gasteiger partial charge in [-0.2, -0.15) is 0 Å². The van der Waals surface area contributed by atoms with Crippen molar-refractivity contribution in [2.75, 3.05) is 5.32 Å². The van der Waals surface area contributed by atoms with Crippen molar-refractivity contribution in [1.29, 1.82) is 0 Å². The third kappa shape index (κ3) is 3.33. The van der Waals surface area contributed by atoms with Crippen molar-refractivity contribution in [3.8, 4) is 0 Å². The summed E-state index contributed by atoms with van der Waals surface area (Å²) in [5, 5.41) is 3.79. The summed E-state index contributed by atoms with van der Waals surface area (Å²) >= 11 is 12.2. The van der Waals surface area contributed by atoms with E-state index in [-0.39, 0.29) is 17.7 Å². The maximum atomic E-state index is 12.4. The molecule has 1 saturated carbocycles. The van der Waals surface area contributed by atoms with Crippen molar-refractivity contribution >= 4 is 40.7 Å². The first-order valence-corrected chi connectivity index (χ1v) is 7.87. The molecule has 1 aliphatic carbocycles. The first-order valence-electron chi connectivity index (χ1n) is 7.12. The maximum absolute atomic E-state index is 12.4. The van der Waals surface area contributed by atoms with Crippen molar-refractivity contribution in [2.24, 2.45) is 11.7 Å². The molecule has 23 heavy (non-hydrogen) atoms. The average molecular weight is 349 g/mol. The van der Waals surface area contributed by atoms with Crippen LogP contribution in [0.4, 0.5) is 5.69 Å². The molecule has 6 heteroatoms. The van der Waals surface area contributed by atoms with Crippen LogP contribution in [0.3, 0.4) is 0 Å². The number of benzene rings is 2. The molecule has 4 nitrogen and oxygen atoms in total. The molecule has 2 amide bonds. The molecule has 0 unspecified atom stereocenters. The highest BCUT2D eigenvalue weighted by atomic mass is 35.5. The van der Waals surface area contributed by atoms with Gasteiger partial charge in [-0.1, -0.05) is 41.4 Å². The van der Waals surface area contributed by atoms with E-state index in [1.807, 2.05) is 24.3 Å². The van der Waals surface area contributed by atoms with Gasteiger partial charge in [-0.05, 0) is 42.2 Å². The van der Waals surface area contributed by atoms with Gasteiger partial charge in [0.1, 0.15) is 0 Å². The highest BCUT2D eigenvalue weighted by Crippen LogP contribution is 2.50. The molecule has 1 aliphatic rings. The lowest BCUT2D eigenvalue weighted by Gasteiger charge is -2.09. The van der Waals surface area contributed by atoms with E-state index in [2.05, 4.69) is 5.32 Å². The molecule has 2 aromatic carbocycles. The molecule has 0 heterocycles. The molecular formula is C17H14Cl2N2O2. The molecule has 0 spiro atoms. The van der Waals surface area contributed by atoms with Gasteiger partial charge in [0.15, 0.2) is 0 Å². The molecular weight excluding hydrogens is 335 g/mol. The second-order valence-corrected chi connectivity index (χ2v) is 6.33. The summed E-state index contributed by atoms with van der Waals surface area (Å²) in [5.74, 6) is -0.749. The summed E-state index contributed by atoms with van der Waals surface area (Å²) < 4.78 is 0. The Kier molecular flexibility index (Phi) is 4.28. The summed E-state index contributed by atoms with van der Waals surface area (Å²) in [6.07, 6.45) is 0.739. The first kappa shape index (κ1) is 15.8. The number of nitrogens with two attached hydrogens (primary N) is 1. The molecule has 0 aromatic heterocycles. The number of hydrogen-bond donors (Lipinski definition) is 2. The fourth-order valence-electron chi connectivity index (χ4n) is 2.60. The Hall–Kier alpha value is -2.04. The van der Waals surface area contributed by atoms with Crippen LogP contribution < -0.4 is 11.1 Å². The first-order chi connectivity index (χ1) is 11.0. The Morgan fingerprint density at radius 2 is 1.83 bits per heavy atom. The monoisotopic (exact) mass is 348 g/mol. The van der Waals surface area contributed by atoms with E-state index in [0.29, 0.717) is 21.3 Å². The second-order valence-electron chi connectivity index (χ2n) is 5.52. The number of halogens is 2. The molecule has 2 aromatic rings. The average Bonchev–Trinajstić information content (AvgIpc) is 3.30. The van der Waals surface area contributed by atoms with E-state index < -0.39 is 5.91 Å². The van der Waals surface area contributed by atoms with Gasteiger partial charge < -0.3 is 11.1 Å². The van der Waals surface area contributed by atoms with Gasteiger partial charge in [-0.15, -0.1) is 0 Å². The quantitative estimate of drug-likeness (QED) is 0.880. The van der Waals surface area contributed by atoms with Gasteiger partial charge in [0.25, 0.3) is 0 Å². The Morgan fingerprint density at radius 1 is 1.09 bits per heavy atom. The lowest BCUT2D eigenvalue weighted by Crippen LogP contribution is -2.16. The normalized spacial score (nSPS) is 19.2. The van der Waals surface area contributed by atoms with Crippen LogP contribution in [-0.4, -0.2) is 11.8 Å². The summed E-state index contributed by atoms with van der Waals surface area (Å²) in [4.78, 5) is 23.6. The maximum Gasteiger partial charge on any atom is 0.248 e. The van der Waals surface area contributed by atoms with E-state index in [4.69, 9.17) is 28.9 Å². The van der Waals surface area contributed by atoms with E-state index in [0.717, 1.165) is 12.0 Å². The van der Waals surface area contributed by atoms with E-state index in [1.54, 1.807) is 0 Å². The predicted molar refractivity (Wildman–Crippen MR) is 90.9 cm³/mol. The lowest BCUT2D eigenvalue weighted by atomic mass is 10.1. The van der Waals surface area contributed by atoms with Crippen LogP contribution in [0.25, 0.3) is 0 Å². The van der Waals surface area contributed by atoms with Crippen LogP contribution in [-0.2, 0) is 4.79 Å². The molecule has 3 rings (SSSR count). The Labute approximate surface area is 143 Å². The minimum Gasteiger partial charge on any atom is -0.366 e. The highest BCUT2D eigenvalue weighted by Gasteiger charge is 2.44. The fourth-order valence-corrected chi connectivity index (χ4v) is 3.04. The zero-order valence-electron chi connectivity index (χ0n) is 12.1. The van der Waals surface area contributed by atoms with Crippen LogP contribution in [0.5, 0.6) is 0 Å². The number of amides is 2. The smallest absolute Gasteiger partial charge is 0.248 e. The van der Waals surface area contributed by atoms with Crippen molar-refractivity contribution in [2.45, 2.75) is 12.3 Å². The Morgan fingerprint density at radius 3 is 2.52 bits per heavy atom. The zero-order valence-corrected chi connectivity index (χ0v) is 13.6. The molecule has 1 fully saturated rings. The van der Waals surface area contributed by atoms with Gasteiger partial charge in [0.2, 0.25) is 11.8 Å². The number of primary amides is 1. The van der Waals surface area contributed by atoms with Crippen LogP contribution in [0, 0.1) is 5.92 Å². The third-order valence-electron chi connectivity index (χ3n) is 3.94. The Balaban J connectivity index is 1.73. The second kappa shape index (κ2) is 6.22. The SMILES string of the molecule is NC(=O)c1ccc(Cl)c(NC(=O)[C@H]2C[C@H]2c2ccccc2Cl)c1. The van der Waals surface area contributed by atoms with Gasteiger partial charge in [-0.25, -0.2) is 0 Å². The van der Waals surface area contributed by atoms with Crippen LogP contribution in [0.15, 0.2) is 42.5 Å². The summed E-state index contributed by atoms with van der Waals surface area (Å²) in [6, 6.07) is 12.0. The Bertz CT molecular complexity index is 792. The van der Waals surface area contributed by atoms with Crippen molar-refractivity contribution in [3.05, 3.63) is 63.6 Å². The minimum absolute atomic E-state index is 0.113. The van der Waals surface area contributed by atoms with Crippen LogP contribution in [0.1, 0.15) is 28.3 Å². The number of nitrogens with one attached hydrogen (secondary N) is 1. The molecule has 2 atom stereocenters. The van der Waals surface area contributed by atoms with Gasteiger partial charge >= 0.3 is 0 Å². The topological polar surface area (TPSA) is 72.2 Å². The highest BCUT2D eigenvalue weighted by molar-refractivity contribution is 6.34. The number of rotatable bonds is 4. The fraction of sp³-hybridized carbons (Fsp3) is 0.176. The van der Waals surface area contributed by atoms with Gasteiger partial charge in [0.05, 0.1) is 10.7 Å². The van der Waals surface area contributed by atoms with Crippen LogP contribution >= 0.6 is 23.2 Å². The number of carbonyl (C=O) groups excluding carboxylic acids is 2. The molecule has 0 saturated heterocycles. The largest absolute Gasteiger partial charge is 0.366 e. The summed E-state index contributed by atoms with van der Waals surface area (Å²) in [6.45, 7) is 0. The van der Waals surface area contributed by atoms with E-state index >= 15 is 0 Å². The van der Waals surface area contributed by atoms with Crippen molar-refractivity contribution in [1.82, 2.24) is 0 Å². The van der Waals surface area contributed by atoms with Crippen molar-refractivity contribution in [3.63, 3.8) is 0 Å². The number of anilines is 1. The molecule has 0 aliphatic heterocycles. The summed E-state index contributed by atoms with van der Waals surface area (Å²) in [7, 11) is 0. The number of hydrogen-bond acceptors (Lipinski definition) is 2. The lowest BCUT2D eigenvalue weighted by molar-refractivity contribution is -0.117. The van der Waals surface area contributed by atoms with Gasteiger partial charge in [-0.3, -0.25) is 9.59 Å². The van der Waals surface area contributed by atoms with E-state index in [1.165, 1.54) is 18.2 Å². The predicted octanol–water partition coefficient (Wildman–Crippen LogP) is 3.83. The van der Waals surface area contributed by atoms with E-state index in [9.17, 15) is 9.59 Å². The van der Waals surface area contributed by atoms with Crippen LogP contribution in [0.2, 0.25) is 10.0 Å². The molecule has 3 N–H and O–H groups in total. The third-order valence-corrected chi connectivity index (χ3v) is 4.61. The molecule has 0 bridgehead atoms. The van der Waals surface area contributed by atoms with Crippen molar-refractivity contribution < 1.29 is 9.59 Å². The van der Waals surface area contributed by atoms with Gasteiger partial charge in [0, 0.05) is 16.5 Å². The zero-order chi connectivity index (χ0) is 16.6. The minimum atomic E-state index is -0.572.